The van der Waals surface area contributed by atoms with Crippen LogP contribution in [0, 0.1) is 11.3 Å². The molecule has 0 spiro atoms. The Hall–Kier alpha value is -2.02. The van der Waals surface area contributed by atoms with Crippen LogP contribution in [-0.2, 0) is 13.5 Å². The predicted octanol–water partition coefficient (Wildman–Crippen LogP) is 1.20. The maximum absolute atomic E-state index is 11.1. The fraction of sp³-hybridized carbons (Fsp3) is 0.200. The van der Waals surface area contributed by atoms with E-state index in [4.69, 9.17) is 9.68 Å². The third-order valence-electron chi connectivity index (χ3n) is 2.14. The van der Waals surface area contributed by atoms with E-state index < -0.39 is 0 Å². The Bertz CT molecular complexity index is 572. The second kappa shape index (κ2) is 3.04. The van der Waals surface area contributed by atoms with Crippen LogP contribution in [0.3, 0.4) is 0 Å². The molecule has 0 aliphatic rings. The predicted molar refractivity (Wildman–Crippen MR) is 50.8 cm³/mol. The zero-order valence-corrected chi connectivity index (χ0v) is 7.65. The van der Waals surface area contributed by atoms with Crippen molar-refractivity contribution in [2.24, 2.45) is 7.05 Å². The first-order valence-electron chi connectivity index (χ1n) is 4.18. The number of hydrogen-bond acceptors (Lipinski definition) is 3. The van der Waals surface area contributed by atoms with Crippen molar-refractivity contribution in [3.8, 4) is 6.07 Å². The SMILES string of the molecule is Cn1c(=O)oc2ccc(CC#N)cc21. The molecule has 0 bridgehead atoms. The molecule has 0 saturated heterocycles. The highest BCUT2D eigenvalue weighted by Gasteiger charge is 2.05. The van der Waals surface area contributed by atoms with Gasteiger partial charge >= 0.3 is 5.76 Å². The van der Waals surface area contributed by atoms with Gasteiger partial charge in [-0.15, -0.1) is 0 Å². The number of rotatable bonds is 1. The second-order valence-corrected chi connectivity index (χ2v) is 3.06. The minimum Gasteiger partial charge on any atom is -0.408 e. The molecule has 0 fully saturated rings. The summed E-state index contributed by atoms with van der Waals surface area (Å²) in [7, 11) is 1.64. The van der Waals surface area contributed by atoms with Crippen LogP contribution >= 0.6 is 0 Å². The van der Waals surface area contributed by atoms with E-state index in [9.17, 15) is 4.79 Å². The van der Waals surface area contributed by atoms with Crippen LogP contribution in [0.2, 0.25) is 0 Å². The number of aryl methyl sites for hydroxylation is 1. The molecule has 0 atom stereocenters. The van der Waals surface area contributed by atoms with Crippen molar-refractivity contribution in [3.63, 3.8) is 0 Å². The van der Waals surface area contributed by atoms with Crippen LogP contribution in [0.5, 0.6) is 0 Å². The zero-order chi connectivity index (χ0) is 10.1. The van der Waals surface area contributed by atoms with Crippen molar-refractivity contribution >= 4 is 11.1 Å². The zero-order valence-electron chi connectivity index (χ0n) is 7.65. The van der Waals surface area contributed by atoms with Gasteiger partial charge in [0.1, 0.15) is 0 Å². The minimum atomic E-state index is -0.380. The number of nitrogens with zero attached hydrogens (tertiary/aromatic N) is 2. The Morgan fingerprint density at radius 3 is 3.07 bits per heavy atom. The van der Waals surface area contributed by atoms with E-state index in [2.05, 4.69) is 6.07 Å². The monoisotopic (exact) mass is 188 g/mol. The first-order chi connectivity index (χ1) is 6.72. The van der Waals surface area contributed by atoms with Crippen molar-refractivity contribution in [2.45, 2.75) is 6.42 Å². The number of oxazole rings is 1. The molecule has 0 aliphatic heterocycles. The lowest BCUT2D eigenvalue weighted by Gasteiger charge is -1.94. The maximum Gasteiger partial charge on any atom is 0.419 e. The van der Waals surface area contributed by atoms with E-state index in [0.717, 1.165) is 11.1 Å². The van der Waals surface area contributed by atoms with Crippen LogP contribution in [0.15, 0.2) is 27.4 Å². The number of aromatic nitrogens is 1. The first kappa shape index (κ1) is 8.57. The summed E-state index contributed by atoms with van der Waals surface area (Å²) in [6.45, 7) is 0. The number of nitriles is 1. The lowest BCUT2D eigenvalue weighted by atomic mass is 10.1. The first-order valence-corrected chi connectivity index (χ1v) is 4.18. The Morgan fingerprint density at radius 2 is 2.36 bits per heavy atom. The summed E-state index contributed by atoms with van der Waals surface area (Å²) in [4.78, 5) is 11.1. The fourth-order valence-electron chi connectivity index (χ4n) is 1.37. The standard InChI is InChI=1S/C10H8N2O2/c1-12-8-6-7(4-5-11)2-3-9(8)14-10(12)13/h2-3,6H,4H2,1H3. The van der Waals surface area contributed by atoms with Crippen LogP contribution in [0.25, 0.3) is 11.1 Å². The molecule has 0 amide bonds. The van der Waals surface area contributed by atoms with E-state index in [-0.39, 0.29) is 5.76 Å². The summed E-state index contributed by atoms with van der Waals surface area (Å²) in [6, 6.07) is 7.35. The number of benzene rings is 1. The van der Waals surface area contributed by atoms with E-state index in [1.807, 2.05) is 0 Å². The Morgan fingerprint density at radius 1 is 1.57 bits per heavy atom. The second-order valence-electron chi connectivity index (χ2n) is 3.06. The molecule has 0 radical (unpaired) electrons. The summed E-state index contributed by atoms with van der Waals surface area (Å²) in [6.07, 6.45) is 0.343. The lowest BCUT2D eigenvalue weighted by Crippen LogP contribution is -2.08. The molecule has 0 unspecified atom stereocenters. The molecule has 2 aromatic rings. The molecule has 0 N–H and O–H groups in total. The summed E-state index contributed by atoms with van der Waals surface area (Å²) in [5.74, 6) is -0.380. The van der Waals surface area contributed by atoms with Gasteiger partial charge in [-0.1, -0.05) is 6.07 Å². The van der Waals surface area contributed by atoms with Gasteiger partial charge < -0.3 is 4.42 Å². The fourth-order valence-corrected chi connectivity index (χ4v) is 1.37. The van der Waals surface area contributed by atoms with Gasteiger partial charge in [0.25, 0.3) is 0 Å². The summed E-state index contributed by atoms with van der Waals surface area (Å²) < 4.78 is 6.38. The summed E-state index contributed by atoms with van der Waals surface area (Å²) >= 11 is 0. The average molecular weight is 188 g/mol. The lowest BCUT2D eigenvalue weighted by molar-refractivity contribution is 0.528. The summed E-state index contributed by atoms with van der Waals surface area (Å²) in [5.41, 5.74) is 2.17. The smallest absolute Gasteiger partial charge is 0.408 e. The summed E-state index contributed by atoms with van der Waals surface area (Å²) in [5, 5.41) is 8.52. The maximum atomic E-state index is 11.1. The normalized spacial score (nSPS) is 10.3. The Labute approximate surface area is 80.0 Å². The highest BCUT2D eigenvalue weighted by atomic mass is 16.4. The van der Waals surface area contributed by atoms with Gasteiger partial charge in [-0.3, -0.25) is 4.57 Å². The van der Waals surface area contributed by atoms with E-state index >= 15 is 0 Å². The van der Waals surface area contributed by atoms with Crippen molar-refractivity contribution in [2.75, 3.05) is 0 Å². The Kier molecular flexibility index (Phi) is 1.86. The molecule has 1 heterocycles. The molecule has 14 heavy (non-hydrogen) atoms. The number of hydrogen-bond donors (Lipinski definition) is 0. The Balaban J connectivity index is 2.71. The van der Waals surface area contributed by atoms with Crippen molar-refractivity contribution in [3.05, 3.63) is 34.3 Å². The van der Waals surface area contributed by atoms with Crippen LogP contribution in [0.4, 0.5) is 0 Å². The molecule has 1 aromatic heterocycles. The van der Waals surface area contributed by atoms with Crippen molar-refractivity contribution in [1.29, 1.82) is 5.26 Å². The topological polar surface area (TPSA) is 58.9 Å². The molecular weight excluding hydrogens is 180 g/mol. The van der Waals surface area contributed by atoms with Crippen LogP contribution < -0.4 is 5.76 Å². The van der Waals surface area contributed by atoms with Gasteiger partial charge in [-0.05, 0) is 17.7 Å². The van der Waals surface area contributed by atoms with Gasteiger partial charge in [0.2, 0.25) is 0 Å². The quantitative estimate of drug-likeness (QED) is 0.675. The molecule has 1 aromatic carbocycles. The van der Waals surface area contributed by atoms with Gasteiger partial charge in [0.15, 0.2) is 5.58 Å². The highest BCUT2D eigenvalue weighted by Crippen LogP contribution is 2.14. The highest BCUT2D eigenvalue weighted by molar-refractivity contribution is 5.73. The molecule has 4 heteroatoms. The van der Waals surface area contributed by atoms with Gasteiger partial charge in [-0.25, -0.2) is 4.79 Å². The van der Waals surface area contributed by atoms with Crippen LogP contribution in [0.1, 0.15) is 5.56 Å². The van der Waals surface area contributed by atoms with E-state index in [0.29, 0.717) is 12.0 Å². The van der Waals surface area contributed by atoms with Crippen LogP contribution in [-0.4, -0.2) is 4.57 Å². The van der Waals surface area contributed by atoms with Gasteiger partial charge in [0, 0.05) is 7.05 Å². The average Bonchev–Trinajstić information content (AvgIpc) is 2.45. The molecule has 0 aliphatic carbocycles. The largest absolute Gasteiger partial charge is 0.419 e. The molecule has 0 saturated carbocycles. The van der Waals surface area contributed by atoms with Crippen molar-refractivity contribution < 1.29 is 4.42 Å². The van der Waals surface area contributed by atoms with Crippen molar-refractivity contribution in [1.82, 2.24) is 4.57 Å². The molecule has 70 valence electrons. The third-order valence-corrected chi connectivity index (χ3v) is 2.14. The molecule has 4 nitrogen and oxygen atoms in total. The van der Waals surface area contributed by atoms with E-state index in [1.54, 1.807) is 25.2 Å². The van der Waals surface area contributed by atoms with E-state index in [1.165, 1.54) is 4.57 Å². The minimum absolute atomic E-state index is 0.343. The third kappa shape index (κ3) is 1.19. The van der Waals surface area contributed by atoms with Gasteiger partial charge in [-0.2, -0.15) is 5.26 Å². The number of fused-ring (bicyclic) bond motifs is 1. The molecular formula is C10H8N2O2. The van der Waals surface area contributed by atoms with Gasteiger partial charge in [0.05, 0.1) is 18.0 Å². The molecule has 2 rings (SSSR count).